The summed E-state index contributed by atoms with van der Waals surface area (Å²) < 4.78 is 36.5. The number of nitrogens with zero attached hydrogens (tertiary/aromatic N) is 1. The molecule has 1 N–H and O–H groups in total. The van der Waals surface area contributed by atoms with Crippen molar-refractivity contribution in [2.75, 3.05) is 30.8 Å². The molecule has 0 unspecified atom stereocenters. The van der Waals surface area contributed by atoms with E-state index in [0.29, 0.717) is 11.4 Å². The van der Waals surface area contributed by atoms with Gasteiger partial charge in [0.2, 0.25) is 15.9 Å². The van der Waals surface area contributed by atoms with E-state index in [2.05, 4.69) is 5.32 Å². The fraction of sp³-hybridized carbons (Fsp3) is 0.381. The average molecular weight is 421 g/mol. The predicted molar refractivity (Wildman–Crippen MR) is 114 cm³/mol. The third kappa shape index (κ3) is 6.12. The van der Waals surface area contributed by atoms with E-state index in [1.807, 2.05) is 19.9 Å². The molecule has 0 saturated heterocycles. The number of carbonyl (C=O) groups excluding carboxylic acids is 1. The monoisotopic (exact) mass is 420 g/mol. The van der Waals surface area contributed by atoms with Gasteiger partial charge in [-0.25, -0.2) is 8.42 Å². The van der Waals surface area contributed by atoms with Crippen LogP contribution in [0.4, 0.5) is 5.69 Å². The van der Waals surface area contributed by atoms with Gasteiger partial charge < -0.3 is 14.8 Å². The summed E-state index contributed by atoms with van der Waals surface area (Å²) in [6, 6.07) is 11.5. The van der Waals surface area contributed by atoms with Crippen LogP contribution in [0, 0.1) is 13.8 Å². The van der Waals surface area contributed by atoms with Gasteiger partial charge in [-0.1, -0.05) is 6.07 Å². The minimum Gasteiger partial charge on any atom is -0.497 e. The maximum Gasteiger partial charge on any atom is 0.243 e. The fourth-order valence-corrected chi connectivity index (χ4v) is 4.00. The van der Waals surface area contributed by atoms with Crippen LogP contribution in [0.15, 0.2) is 42.5 Å². The van der Waals surface area contributed by atoms with Gasteiger partial charge in [0.1, 0.15) is 24.1 Å². The quantitative estimate of drug-likeness (QED) is 0.631. The summed E-state index contributed by atoms with van der Waals surface area (Å²) in [5.41, 5.74) is 2.47. The molecule has 0 aliphatic rings. The second-order valence-electron chi connectivity index (χ2n) is 6.82. The molecule has 2 rings (SSSR count). The SMILES string of the molecule is COc1ccc(OCCNC(=O)[C@H](C)N(c2ccc(C)c(C)c2)S(C)(=O)=O)cc1. The van der Waals surface area contributed by atoms with Gasteiger partial charge >= 0.3 is 0 Å². The van der Waals surface area contributed by atoms with Crippen molar-refractivity contribution in [2.45, 2.75) is 26.8 Å². The molecule has 1 atom stereocenters. The number of carbonyl (C=O) groups is 1. The number of hydrogen-bond donors (Lipinski definition) is 1. The summed E-state index contributed by atoms with van der Waals surface area (Å²) in [6.45, 7) is 5.92. The van der Waals surface area contributed by atoms with Crippen LogP contribution in [0.5, 0.6) is 11.5 Å². The Kier molecular flexibility index (Phi) is 7.50. The van der Waals surface area contributed by atoms with Gasteiger partial charge in [-0.05, 0) is 68.3 Å². The van der Waals surface area contributed by atoms with Crippen LogP contribution in [0.2, 0.25) is 0 Å². The Balaban J connectivity index is 1.98. The molecule has 7 nitrogen and oxygen atoms in total. The third-order valence-corrected chi connectivity index (χ3v) is 5.80. The molecule has 0 aliphatic heterocycles. The molecule has 0 saturated carbocycles. The molecule has 0 aliphatic carbocycles. The number of methoxy groups -OCH3 is 1. The number of benzene rings is 2. The summed E-state index contributed by atoms with van der Waals surface area (Å²) in [5, 5.41) is 2.73. The second kappa shape index (κ2) is 9.65. The van der Waals surface area contributed by atoms with Crippen molar-refractivity contribution in [3.8, 4) is 11.5 Å². The second-order valence-corrected chi connectivity index (χ2v) is 8.68. The average Bonchev–Trinajstić information content (AvgIpc) is 2.67. The first-order valence-corrected chi connectivity index (χ1v) is 11.1. The van der Waals surface area contributed by atoms with Gasteiger partial charge in [-0.15, -0.1) is 0 Å². The topological polar surface area (TPSA) is 84.9 Å². The molecular formula is C21H28N2O5S. The largest absolute Gasteiger partial charge is 0.497 e. The molecule has 0 fully saturated rings. The van der Waals surface area contributed by atoms with Crippen LogP contribution >= 0.6 is 0 Å². The fourth-order valence-electron chi connectivity index (χ4n) is 2.83. The van der Waals surface area contributed by atoms with Crippen LogP contribution in [0.25, 0.3) is 0 Å². The molecule has 0 aromatic heterocycles. The summed E-state index contributed by atoms with van der Waals surface area (Å²) in [4.78, 5) is 12.6. The van der Waals surface area contributed by atoms with Gasteiger partial charge in [0.05, 0.1) is 25.6 Å². The molecule has 1 amide bonds. The Morgan fingerprint density at radius 3 is 2.24 bits per heavy atom. The van der Waals surface area contributed by atoms with E-state index >= 15 is 0 Å². The molecular weight excluding hydrogens is 392 g/mol. The van der Waals surface area contributed by atoms with Gasteiger partial charge in [-0.3, -0.25) is 9.10 Å². The number of anilines is 1. The normalized spacial score (nSPS) is 12.2. The zero-order chi connectivity index (χ0) is 21.6. The molecule has 2 aromatic rings. The van der Waals surface area contributed by atoms with Crippen LogP contribution in [-0.2, 0) is 14.8 Å². The number of nitrogens with one attached hydrogen (secondary N) is 1. The van der Waals surface area contributed by atoms with Crippen molar-refractivity contribution < 1.29 is 22.7 Å². The van der Waals surface area contributed by atoms with Crippen molar-refractivity contribution in [1.29, 1.82) is 0 Å². The van der Waals surface area contributed by atoms with E-state index in [1.165, 1.54) is 0 Å². The van der Waals surface area contributed by atoms with Crippen LogP contribution in [0.3, 0.4) is 0 Å². The van der Waals surface area contributed by atoms with E-state index in [4.69, 9.17) is 9.47 Å². The van der Waals surface area contributed by atoms with Crippen LogP contribution < -0.4 is 19.1 Å². The Morgan fingerprint density at radius 1 is 1.07 bits per heavy atom. The Labute approximate surface area is 172 Å². The Hall–Kier alpha value is -2.74. The lowest BCUT2D eigenvalue weighted by atomic mass is 10.1. The van der Waals surface area contributed by atoms with E-state index in [9.17, 15) is 13.2 Å². The number of ether oxygens (including phenoxy) is 2. The summed E-state index contributed by atoms with van der Waals surface area (Å²) in [6.07, 6.45) is 1.10. The molecule has 0 spiro atoms. The van der Waals surface area contributed by atoms with Crippen molar-refractivity contribution in [3.63, 3.8) is 0 Å². The first-order chi connectivity index (χ1) is 13.6. The molecule has 158 valence electrons. The van der Waals surface area contributed by atoms with E-state index in [-0.39, 0.29) is 13.2 Å². The Bertz CT molecular complexity index is 942. The number of rotatable bonds is 9. The highest BCUT2D eigenvalue weighted by molar-refractivity contribution is 7.92. The van der Waals surface area contributed by atoms with Crippen LogP contribution in [-0.4, -0.2) is 46.9 Å². The van der Waals surface area contributed by atoms with Gasteiger partial charge in [0, 0.05) is 0 Å². The van der Waals surface area contributed by atoms with E-state index in [1.54, 1.807) is 50.4 Å². The standard InChI is InChI=1S/C21H28N2O5S/c1-15-6-7-18(14-16(15)2)23(29(5,25)26)17(3)21(24)22-12-13-28-20-10-8-19(27-4)9-11-20/h6-11,14,17H,12-13H2,1-5H3,(H,22,24)/t17-/m0/s1. The van der Waals surface area contributed by atoms with Crippen LogP contribution in [0.1, 0.15) is 18.1 Å². The van der Waals surface area contributed by atoms with Gasteiger partial charge in [0.15, 0.2) is 0 Å². The highest BCUT2D eigenvalue weighted by Gasteiger charge is 2.29. The summed E-state index contributed by atoms with van der Waals surface area (Å²) >= 11 is 0. The smallest absolute Gasteiger partial charge is 0.243 e. The first kappa shape index (κ1) is 22.5. The first-order valence-electron chi connectivity index (χ1n) is 9.24. The highest BCUT2D eigenvalue weighted by atomic mass is 32.2. The number of aryl methyl sites for hydroxylation is 2. The molecule has 0 heterocycles. The summed E-state index contributed by atoms with van der Waals surface area (Å²) in [5.74, 6) is 0.986. The minimum absolute atomic E-state index is 0.250. The van der Waals surface area contributed by atoms with Gasteiger partial charge in [0.25, 0.3) is 0 Å². The number of sulfonamides is 1. The molecule has 8 heteroatoms. The molecule has 29 heavy (non-hydrogen) atoms. The lowest BCUT2D eigenvalue weighted by molar-refractivity contribution is -0.121. The number of hydrogen-bond acceptors (Lipinski definition) is 5. The van der Waals surface area contributed by atoms with E-state index in [0.717, 1.165) is 27.4 Å². The Morgan fingerprint density at radius 2 is 1.69 bits per heavy atom. The lowest BCUT2D eigenvalue weighted by Gasteiger charge is -2.28. The summed E-state index contributed by atoms with van der Waals surface area (Å²) in [7, 11) is -2.06. The zero-order valence-corrected chi connectivity index (χ0v) is 18.2. The number of amides is 1. The van der Waals surface area contributed by atoms with E-state index < -0.39 is 22.0 Å². The third-order valence-electron chi connectivity index (χ3n) is 4.56. The molecule has 0 radical (unpaired) electrons. The minimum atomic E-state index is -3.64. The van der Waals surface area contributed by atoms with Gasteiger partial charge in [-0.2, -0.15) is 0 Å². The van der Waals surface area contributed by atoms with Crippen molar-refractivity contribution >= 4 is 21.6 Å². The maximum atomic E-state index is 12.6. The molecule has 2 aromatic carbocycles. The van der Waals surface area contributed by atoms with Crippen molar-refractivity contribution in [2.24, 2.45) is 0 Å². The highest BCUT2D eigenvalue weighted by Crippen LogP contribution is 2.23. The lowest BCUT2D eigenvalue weighted by Crippen LogP contribution is -2.48. The molecule has 0 bridgehead atoms. The van der Waals surface area contributed by atoms with Crippen molar-refractivity contribution in [3.05, 3.63) is 53.6 Å². The zero-order valence-electron chi connectivity index (χ0n) is 17.4. The maximum absolute atomic E-state index is 12.6. The predicted octanol–water partition coefficient (Wildman–Crippen LogP) is 2.66. The van der Waals surface area contributed by atoms with Crippen molar-refractivity contribution in [1.82, 2.24) is 5.32 Å².